The Morgan fingerprint density at radius 2 is 1.93 bits per heavy atom. The standard InChI is InChI=1S/C20H27N3O4S/c1-4-23-17-9-11-22(13-16-14(2)21-27-15(16)3)12-10-18(17)26-19-7-5-6-8-20(19)28(23,24)25/h5-8,17-18H,4,9-13H2,1-3H3/t17-,18-/m1/s1. The Balaban J connectivity index is 1.61. The molecule has 28 heavy (non-hydrogen) atoms. The first-order valence-electron chi connectivity index (χ1n) is 9.83. The van der Waals surface area contributed by atoms with Gasteiger partial charge in [0.1, 0.15) is 22.5 Å². The van der Waals surface area contributed by atoms with E-state index in [-0.39, 0.29) is 17.0 Å². The van der Waals surface area contributed by atoms with E-state index in [2.05, 4.69) is 10.1 Å². The molecule has 4 rings (SSSR count). The Morgan fingerprint density at radius 1 is 1.18 bits per heavy atom. The molecule has 0 spiro atoms. The summed E-state index contributed by atoms with van der Waals surface area (Å²) < 4.78 is 39.7. The Bertz CT molecular complexity index is 937. The molecule has 0 aliphatic carbocycles. The first-order chi connectivity index (χ1) is 13.4. The number of para-hydroxylation sites is 1. The second kappa shape index (κ2) is 7.50. The van der Waals surface area contributed by atoms with Gasteiger partial charge in [0.15, 0.2) is 0 Å². The van der Waals surface area contributed by atoms with E-state index >= 15 is 0 Å². The maximum absolute atomic E-state index is 13.3. The molecular formula is C20H27N3O4S. The van der Waals surface area contributed by atoms with E-state index in [0.29, 0.717) is 12.3 Å². The first kappa shape index (κ1) is 19.4. The van der Waals surface area contributed by atoms with Crippen molar-refractivity contribution in [2.75, 3.05) is 19.6 Å². The van der Waals surface area contributed by atoms with Crippen LogP contribution in [0.1, 0.15) is 36.8 Å². The Labute approximate surface area is 166 Å². The molecule has 0 saturated carbocycles. The lowest BCUT2D eigenvalue weighted by atomic mass is 10.1. The van der Waals surface area contributed by atoms with Gasteiger partial charge in [-0.25, -0.2) is 8.42 Å². The Hall–Kier alpha value is -1.90. The summed E-state index contributed by atoms with van der Waals surface area (Å²) >= 11 is 0. The van der Waals surface area contributed by atoms with Gasteiger partial charge in [0.05, 0.1) is 11.7 Å². The molecule has 2 atom stereocenters. The third-order valence-electron chi connectivity index (χ3n) is 5.86. The van der Waals surface area contributed by atoms with Gasteiger partial charge in [0.25, 0.3) is 0 Å². The summed E-state index contributed by atoms with van der Waals surface area (Å²) in [7, 11) is -3.57. The van der Waals surface area contributed by atoms with Gasteiger partial charge in [-0.2, -0.15) is 4.31 Å². The van der Waals surface area contributed by atoms with Crippen molar-refractivity contribution in [3.63, 3.8) is 0 Å². The number of nitrogens with zero attached hydrogens (tertiary/aromatic N) is 3. The fourth-order valence-electron chi connectivity index (χ4n) is 4.32. The van der Waals surface area contributed by atoms with Crippen LogP contribution in [0.15, 0.2) is 33.7 Å². The van der Waals surface area contributed by atoms with Crippen molar-refractivity contribution in [2.45, 2.75) is 57.2 Å². The molecule has 7 nitrogen and oxygen atoms in total. The summed E-state index contributed by atoms with van der Waals surface area (Å²) in [6, 6.07) is 6.81. The summed E-state index contributed by atoms with van der Waals surface area (Å²) in [5.74, 6) is 1.31. The summed E-state index contributed by atoms with van der Waals surface area (Å²) in [6.45, 7) is 8.62. The van der Waals surface area contributed by atoms with Crippen molar-refractivity contribution in [3.8, 4) is 5.75 Å². The van der Waals surface area contributed by atoms with Gasteiger partial charge in [0.2, 0.25) is 10.0 Å². The zero-order chi connectivity index (χ0) is 19.9. The van der Waals surface area contributed by atoms with Crippen LogP contribution < -0.4 is 4.74 Å². The van der Waals surface area contributed by atoms with E-state index in [0.717, 1.165) is 49.5 Å². The normalized spacial score (nSPS) is 25.2. The SMILES string of the molecule is CCN1[C@@H]2CCN(Cc3c(C)noc3C)CC[C@H]2Oc2ccccc2S1(=O)=O. The van der Waals surface area contributed by atoms with Crippen molar-refractivity contribution in [2.24, 2.45) is 0 Å². The van der Waals surface area contributed by atoms with Crippen molar-refractivity contribution >= 4 is 10.0 Å². The van der Waals surface area contributed by atoms with Crippen molar-refractivity contribution < 1.29 is 17.7 Å². The molecule has 1 aromatic carbocycles. The highest BCUT2D eigenvalue weighted by molar-refractivity contribution is 7.89. The first-order valence-corrected chi connectivity index (χ1v) is 11.3. The summed E-state index contributed by atoms with van der Waals surface area (Å²) in [5.41, 5.74) is 2.03. The highest BCUT2D eigenvalue weighted by atomic mass is 32.2. The lowest BCUT2D eigenvalue weighted by Crippen LogP contribution is -2.46. The highest BCUT2D eigenvalue weighted by Gasteiger charge is 2.42. The average Bonchev–Trinajstić information content (AvgIpc) is 2.83. The average molecular weight is 406 g/mol. The lowest BCUT2D eigenvalue weighted by Gasteiger charge is -2.30. The van der Waals surface area contributed by atoms with Crippen LogP contribution in [-0.2, 0) is 16.6 Å². The highest BCUT2D eigenvalue weighted by Crippen LogP contribution is 2.36. The molecule has 1 saturated heterocycles. The molecule has 0 amide bonds. The smallest absolute Gasteiger partial charge is 0.247 e. The fourth-order valence-corrected chi connectivity index (χ4v) is 6.13. The number of aryl methyl sites for hydroxylation is 2. The summed E-state index contributed by atoms with van der Waals surface area (Å²) in [4.78, 5) is 2.62. The van der Waals surface area contributed by atoms with Crippen LogP contribution in [0.5, 0.6) is 5.75 Å². The zero-order valence-corrected chi connectivity index (χ0v) is 17.4. The second-order valence-corrected chi connectivity index (χ2v) is 9.39. The second-order valence-electron chi connectivity index (χ2n) is 7.53. The van der Waals surface area contributed by atoms with Gasteiger partial charge >= 0.3 is 0 Å². The predicted molar refractivity (Wildman–Crippen MR) is 105 cm³/mol. The third kappa shape index (κ3) is 3.33. The number of sulfonamides is 1. The number of hydrogen-bond acceptors (Lipinski definition) is 6. The maximum atomic E-state index is 13.3. The molecule has 152 valence electrons. The topological polar surface area (TPSA) is 75.9 Å². The minimum Gasteiger partial charge on any atom is -0.487 e. The quantitative estimate of drug-likeness (QED) is 0.782. The number of ether oxygens (including phenoxy) is 1. The molecule has 0 radical (unpaired) electrons. The van der Waals surface area contributed by atoms with E-state index in [4.69, 9.17) is 9.26 Å². The van der Waals surface area contributed by atoms with Crippen molar-refractivity contribution in [1.29, 1.82) is 0 Å². The number of likely N-dealkylation sites (tertiary alicyclic amines) is 1. The van der Waals surface area contributed by atoms with Crippen LogP contribution in [0.3, 0.4) is 0 Å². The number of aromatic nitrogens is 1. The fraction of sp³-hybridized carbons (Fsp3) is 0.550. The molecule has 0 bridgehead atoms. The van der Waals surface area contributed by atoms with Crippen molar-refractivity contribution in [1.82, 2.24) is 14.4 Å². The lowest BCUT2D eigenvalue weighted by molar-refractivity contribution is 0.115. The maximum Gasteiger partial charge on any atom is 0.247 e. The van der Waals surface area contributed by atoms with Gasteiger partial charge in [-0.15, -0.1) is 0 Å². The molecule has 2 aliphatic heterocycles. The van der Waals surface area contributed by atoms with Crippen molar-refractivity contribution in [3.05, 3.63) is 41.3 Å². The number of benzene rings is 1. The molecule has 3 heterocycles. The van der Waals surface area contributed by atoms with Gasteiger partial charge in [-0.05, 0) is 38.8 Å². The number of hydrogen-bond donors (Lipinski definition) is 0. The summed E-state index contributed by atoms with van der Waals surface area (Å²) in [5, 5.41) is 4.05. The van der Waals surface area contributed by atoms with Crippen LogP contribution in [0.2, 0.25) is 0 Å². The van der Waals surface area contributed by atoms with Crippen LogP contribution in [0.25, 0.3) is 0 Å². The van der Waals surface area contributed by atoms with Gasteiger partial charge < -0.3 is 9.26 Å². The Morgan fingerprint density at radius 3 is 2.64 bits per heavy atom. The Kier molecular flexibility index (Phi) is 5.20. The predicted octanol–water partition coefficient (Wildman–Crippen LogP) is 2.73. The van der Waals surface area contributed by atoms with E-state index in [1.54, 1.807) is 22.5 Å². The number of rotatable bonds is 3. The monoisotopic (exact) mass is 405 g/mol. The van der Waals surface area contributed by atoms with Crippen LogP contribution >= 0.6 is 0 Å². The van der Waals surface area contributed by atoms with E-state index in [1.165, 1.54) is 0 Å². The number of likely N-dealkylation sites (N-methyl/N-ethyl adjacent to an activating group) is 1. The minimum atomic E-state index is -3.57. The summed E-state index contributed by atoms with van der Waals surface area (Å²) in [6.07, 6.45) is 1.34. The molecule has 2 aliphatic rings. The third-order valence-corrected chi connectivity index (χ3v) is 7.90. The molecule has 8 heteroatoms. The van der Waals surface area contributed by atoms with Crippen LogP contribution in [0, 0.1) is 13.8 Å². The molecule has 0 N–H and O–H groups in total. The molecule has 1 aromatic heterocycles. The zero-order valence-electron chi connectivity index (χ0n) is 16.6. The molecule has 2 aromatic rings. The molecule has 1 fully saturated rings. The van der Waals surface area contributed by atoms with E-state index in [9.17, 15) is 8.42 Å². The minimum absolute atomic E-state index is 0.159. The molecular weight excluding hydrogens is 378 g/mol. The number of fused-ring (bicyclic) bond motifs is 2. The van der Waals surface area contributed by atoms with Gasteiger partial charge in [0, 0.05) is 31.7 Å². The van der Waals surface area contributed by atoms with Gasteiger partial charge in [-0.1, -0.05) is 24.2 Å². The van der Waals surface area contributed by atoms with E-state index in [1.807, 2.05) is 26.8 Å². The van der Waals surface area contributed by atoms with Crippen LogP contribution in [-0.4, -0.2) is 54.6 Å². The molecule has 0 unspecified atom stereocenters. The van der Waals surface area contributed by atoms with E-state index < -0.39 is 10.0 Å². The van der Waals surface area contributed by atoms with Crippen LogP contribution in [0.4, 0.5) is 0 Å². The largest absolute Gasteiger partial charge is 0.487 e. The van der Waals surface area contributed by atoms with Gasteiger partial charge in [-0.3, -0.25) is 4.90 Å².